The van der Waals surface area contributed by atoms with Gasteiger partial charge in [0.25, 0.3) is 5.89 Å². The first-order valence-electron chi connectivity index (χ1n) is 8.25. The van der Waals surface area contributed by atoms with Crippen LogP contribution in [0.3, 0.4) is 0 Å². The van der Waals surface area contributed by atoms with Crippen LogP contribution in [0.25, 0.3) is 17.1 Å². The van der Waals surface area contributed by atoms with Gasteiger partial charge in [-0.1, -0.05) is 36.7 Å². The Hall–Kier alpha value is -2.80. The highest BCUT2D eigenvalue weighted by atomic mass is 35.5. The topological polar surface area (TPSA) is 82.0 Å². The minimum atomic E-state index is -0.476. The molecule has 7 nitrogen and oxygen atoms in total. The van der Waals surface area contributed by atoms with E-state index in [1.807, 2.05) is 18.3 Å². The van der Waals surface area contributed by atoms with Gasteiger partial charge < -0.3 is 4.52 Å². The molecule has 4 aromatic heterocycles. The van der Waals surface area contributed by atoms with E-state index in [1.54, 1.807) is 29.2 Å². The zero-order valence-electron chi connectivity index (χ0n) is 14.6. The molecule has 4 aromatic rings. The lowest BCUT2D eigenvalue weighted by Crippen LogP contribution is -2.31. The summed E-state index contributed by atoms with van der Waals surface area (Å²) in [4.78, 5) is 13.2. The molecule has 1 unspecified atom stereocenters. The Bertz CT molecular complexity index is 1050. The largest absolute Gasteiger partial charge is 0.334 e. The summed E-state index contributed by atoms with van der Waals surface area (Å²) in [6.45, 7) is 6.30. The van der Waals surface area contributed by atoms with E-state index in [-0.39, 0.29) is 5.92 Å². The minimum Gasteiger partial charge on any atom is -0.334 e. The van der Waals surface area contributed by atoms with Crippen LogP contribution in [0.1, 0.15) is 32.2 Å². The Morgan fingerprint density at radius 3 is 2.77 bits per heavy atom. The molecule has 0 aliphatic rings. The lowest BCUT2D eigenvalue weighted by atomic mass is 9.73. The molecule has 0 saturated carbocycles. The van der Waals surface area contributed by atoms with Gasteiger partial charge in [0.1, 0.15) is 10.7 Å². The van der Waals surface area contributed by atoms with Crippen molar-refractivity contribution in [3.8, 4) is 11.5 Å². The van der Waals surface area contributed by atoms with Crippen LogP contribution in [-0.4, -0.2) is 29.7 Å². The molecule has 0 aromatic carbocycles. The second-order valence-corrected chi connectivity index (χ2v) is 6.98. The van der Waals surface area contributed by atoms with E-state index < -0.39 is 5.41 Å². The Labute approximate surface area is 155 Å². The Morgan fingerprint density at radius 2 is 2.04 bits per heavy atom. The Balaban J connectivity index is 1.81. The summed E-state index contributed by atoms with van der Waals surface area (Å²) >= 11 is 5.94. The Kier molecular flexibility index (Phi) is 3.96. The fourth-order valence-electron chi connectivity index (χ4n) is 2.93. The van der Waals surface area contributed by atoms with Crippen LogP contribution in [0.5, 0.6) is 0 Å². The van der Waals surface area contributed by atoms with E-state index >= 15 is 0 Å². The predicted molar refractivity (Wildman–Crippen MR) is 96.8 cm³/mol. The molecular weight excluding hydrogens is 352 g/mol. The molecule has 0 bridgehead atoms. The van der Waals surface area contributed by atoms with Crippen molar-refractivity contribution in [1.29, 1.82) is 0 Å². The number of nitrogens with zero attached hydrogens (tertiary/aromatic N) is 6. The van der Waals surface area contributed by atoms with Gasteiger partial charge >= 0.3 is 0 Å². The third-order valence-corrected chi connectivity index (χ3v) is 5.11. The van der Waals surface area contributed by atoms with Crippen LogP contribution in [0.2, 0.25) is 5.15 Å². The fourth-order valence-corrected chi connectivity index (χ4v) is 3.04. The van der Waals surface area contributed by atoms with E-state index in [2.05, 4.69) is 46.0 Å². The molecule has 0 fully saturated rings. The molecule has 0 radical (unpaired) electrons. The van der Waals surface area contributed by atoms with Crippen molar-refractivity contribution in [3.63, 3.8) is 0 Å². The van der Waals surface area contributed by atoms with Crippen LogP contribution in [0.4, 0.5) is 0 Å². The van der Waals surface area contributed by atoms with Crippen molar-refractivity contribution >= 4 is 17.2 Å². The number of aromatic nitrogens is 6. The Morgan fingerprint density at radius 1 is 1.19 bits per heavy atom. The number of pyridine rings is 1. The molecule has 0 aliphatic carbocycles. The molecule has 4 heterocycles. The number of rotatable bonds is 4. The highest BCUT2D eigenvalue weighted by molar-refractivity contribution is 6.29. The maximum absolute atomic E-state index is 5.94. The van der Waals surface area contributed by atoms with E-state index in [4.69, 9.17) is 16.1 Å². The molecule has 1 atom stereocenters. The SMILES string of the molecule is CC(C)C(C)(c1ccc(Cl)nc1)c1noc(-c2cnn3cccnc23)n1. The summed E-state index contributed by atoms with van der Waals surface area (Å²) in [7, 11) is 0. The summed E-state index contributed by atoms with van der Waals surface area (Å²) < 4.78 is 7.23. The first-order valence-corrected chi connectivity index (χ1v) is 8.63. The van der Waals surface area contributed by atoms with Crippen molar-refractivity contribution in [2.24, 2.45) is 5.92 Å². The predicted octanol–water partition coefficient (Wildman–Crippen LogP) is 3.79. The van der Waals surface area contributed by atoms with Gasteiger partial charge in [0.2, 0.25) is 0 Å². The molecule has 4 rings (SSSR count). The lowest BCUT2D eigenvalue weighted by molar-refractivity contribution is 0.350. The highest BCUT2D eigenvalue weighted by Gasteiger charge is 2.38. The first-order chi connectivity index (χ1) is 12.5. The van der Waals surface area contributed by atoms with Gasteiger partial charge in [-0.3, -0.25) is 0 Å². The number of fused-ring (bicyclic) bond motifs is 1. The van der Waals surface area contributed by atoms with Gasteiger partial charge in [-0.05, 0) is 30.5 Å². The summed E-state index contributed by atoms with van der Waals surface area (Å²) in [6.07, 6.45) is 6.96. The molecule has 0 saturated heterocycles. The van der Waals surface area contributed by atoms with Crippen LogP contribution in [-0.2, 0) is 5.41 Å². The smallest absolute Gasteiger partial charge is 0.263 e. The first kappa shape index (κ1) is 16.7. The molecule has 0 aliphatic heterocycles. The second kappa shape index (κ2) is 6.17. The van der Waals surface area contributed by atoms with E-state index in [0.29, 0.717) is 28.1 Å². The zero-order chi connectivity index (χ0) is 18.3. The second-order valence-electron chi connectivity index (χ2n) is 6.60. The van der Waals surface area contributed by atoms with Gasteiger partial charge in [-0.25, -0.2) is 14.5 Å². The molecule has 26 heavy (non-hydrogen) atoms. The monoisotopic (exact) mass is 368 g/mol. The maximum atomic E-state index is 5.94. The van der Waals surface area contributed by atoms with Crippen LogP contribution < -0.4 is 0 Å². The van der Waals surface area contributed by atoms with Crippen molar-refractivity contribution < 1.29 is 4.52 Å². The van der Waals surface area contributed by atoms with Crippen molar-refractivity contribution in [2.75, 3.05) is 0 Å². The highest BCUT2D eigenvalue weighted by Crippen LogP contribution is 2.38. The fraction of sp³-hybridized carbons (Fsp3) is 0.278. The summed E-state index contributed by atoms with van der Waals surface area (Å²) in [5, 5.41) is 8.98. The molecule has 0 spiro atoms. The van der Waals surface area contributed by atoms with Crippen LogP contribution in [0, 0.1) is 5.92 Å². The van der Waals surface area contributed by atoms with Crippen LogP contribution in [0.15, 0.2) is 47.5 Å². The molecule has 132 valence electrons. The quantitative estimate of drug-likeness (QED) is 0.510. The standard InChI is InChI=1S/C18H17ClN6O/c1-11(2)18(3,12-5-6-14(19)21-9-12)17-23-16(26-24-17)13-10-22-25-8-4-7-20-15(13)25/h4-11H,1-3H3. The number of hydrogen-bond acceptors (Lipinski definition) is 6. The third kappa shape index (κ3) is 2.55. The van der Waals surface area contributed by atoms with E-state index in [0.717, 1.165) is 5.56 Å². The van der Waals surface area contributed by atoms with Crippen molar-refractivity contribution in [3.05, 3.63) is 59.5 Å². The molecule has 0 N–H and O–H groups in total. The van der Waals surface area contributed by atoms with Gasteiger partial charge in [0.05, 0.1) is 11.6 Å². The average Bonchev–Trinajstić information content (AvgIpc) is 3.28. The maximum Gasteiger partial charge on any atom is 0.263 e. The molecule has 8 heteroatoms. The lowest BCUT2D eigenvalue weighted by Gasteiger charge is -2.30. The summed E-state index contributed by atoms with van der Waals surface area (Å²) in [5.74, 6) is 1.18. The normalized spacial score (nSPS) is 14.0. The van der Waals surface area contributed by atoms with Crippen molar-refractivity contribution in [1.82, 2.24) is 29.7 Å². The van der Waals surface area contributed by atoms with Crippen LogP contribution >= 0.6 is 11.6 Å². The summed E-state index contributed by atoms with van der Waals surface area (Å²) in [6, 6.07) is 5.53. The molecule has 0 amide bonds. The van der Waals surface area contributed by atoms with E-state index in [9.17, 15) is 0 Å². The average molecular weight is 369 g/mol. The molecular formula is C18H17ClN6O. The van der Waals surface area contributed by atoms with E-state index in [1.165, 1.54) is 0 Å². The summed E-state index contributed by atoms with van der Waals surface area (Å²) in [5.41, 5.74) is 1.87. The van der Waals surface area contributed by atoms with Gasteiger partial charge in [-0.2, -0.15) is 10.1 Å². The van der Waals surface area contributed by atoms with Gasteiger partial charge in [-0.15, -0.1) is 0 Å². The number of halogens is 1. The third-order valence-electron chi connectivity index (χ3n) is 4.88. The number of hydrogen-bond donors (Lipinski definition) is 0. The van der Waals surface area contributed by atoms with Gasteiger partial charge in [0, 0.05) is 18.6 Å². The van der Waals surface area contributed by atoms with Crippen molar-refractivity contribution in [2.45, 2.75) is 26.2 Å². The zero-order valence-corrected chi connectivity index (χ0v) is 15.3. The minimum absolute atomic E-state index is 0.206. The van der Waals surface area contributed by atoms with Gasteiger partial charge in [0.15, 0.2) is 11.5 Å².